The maximum Gasteiger partial charge on any atom is 0.240 e. The number of aliphatic hydroxyl groups is 1. The topological polar surface area (TPSA) is 66.8 Å². The van der Waals surface area contributed by atoms with Crippen LogP contribution in [0.2, 0.25) is 0 Å². The van der Waals surface area contributed by atoms with Gasteiger partial charge in [-0.15, -0.1) is 0 Å². The van der Waals surface area contributed by atoms with Crippen LogP contribution < -0.4 is 0 Å². The Hall–Kier alpha value is -2.02. The molecule has 2 unspecified atom stereocenters. The standard InChI is InChI=1S/C21H22BrNO4/c1-21(16-7-9-17(22)10-8-16)11-19(25)23(20(21)26)12-18(24)14-27-13-15-5-3-2-4-6-15/h2-10,18,24H,11-14H2,1H3. The lowest BCUT2D eigenvalue weighted by Gasteiger charge is -2.24. The fourth-order valence-electron chi connectivity index (χ4n) is 3.26. The Kier molecular flexibility index (Phi) is 6.09. The van der Waals surface area contributed by atoms with Gasteiger partial charge in [-0.3, -0.25) is 14.5 Å². The normalized spacial score (nSPS) is 20.9. The molecule has 0 aliphatic carbocycles. The lowest BCUT2D eigenvalue weighted by atomic mass is 9.81. The number of halogens is 1. The summed E-state index contributed by atoms with van der Waals surface area (Å²) >= 11 is 3.37. The highest BCUT2D eigenvalue weighted by atomic mass is 79.9. The zero-order valence-electron chi connectivity index (χ0n) is 15.1. The molecule has 0 saturated carbocycles. The van der Waals surface area contributed by atoms with Crippen LogP contribution in [0.4, 0.5) is 0 Å². The Bertz CT molecular complexity index is 809. The molecule has 0 aromatic heterocycles. The third kappa shape index (κ3) is 4.46. The van der Waals surface area contributed by atoms with E-state index in [1.54, 1.807) is 6.92 Å². The number of rotatable bonds is 7. The summed E-state index contributed by atoms with van der Waals surface area (Å²) < 4.78 is 6.42. The van der Waals surface area contributed by atoms with Crippen molar-refractivity contribution in [3.63, 3.8) is 0 Å². The number of carbonyl (C=O) groups is 2. The van der Waals surface area contributed by atoms with Crippen molar-refractivity contribution in [1.82, 2.24) is 4.90 Å². The van der Waals surface area contributed by atoms with Crippen LogP contribution in [-0.4, -0.2) is 41.1 Å². The van der Waals surface area contributed by atoms with Gasteiger partial charge in [0.15, 0.2) is 0 Å². The first kappa shape index (κ1) is 19.7. The molecule has 1 saturated heterocycles. The second-order valence-electron chi connectivity index (χ2n) is 6.98. The van der Waals surface area contributed by atoms with Crippen molar-refractivity contribution < 1.29 is 19.4 Å². The fraction of sp³-hybridized carbons (Fsp3) is 0.333. The lowest BCUT2D eigenvalue weighted by Crippen LogP contribution is -2.42. The van der Waals surface area contributed by atoms with E-state index in [9.17, 15) is 14.7 Å². The van der Waals surface area contributed by atoms with Crippen molar-refractivity contribution in [1.29, 1.82) is 0 Å². The van der Waals surface area contributed by atoms with Gasteiger partial charge in [0.05, 0.1) is 31.3 Å². The van der Waals surface area contributed by atoms with Gasteiger partial charge in [0.2, 0.25) is 11.8 Å². The van der Waals surface area contributed by atoms with Crippen molar-refractivity contribution in [2.24, 2.45) is 0 Å². The number of β-amino-alcohol motifs (C(OH)–C–C–N with tert-alkyl or cyclic N) is 1. The second kappa shape index (κ2) is 8.33. The van der Waals surface area contributed by atoms with Crippen LogP contribution in [0.5, 0.6) is 0 Å². The van der Waals surface area contributed by atoms with E-state index in [1.807, 2.05) is 54.6 Å². The Labute approximate surface area is 167 Å². The van der Waals surface area contributed by atoms with Gasteiger partial charge >= 0.3 is 0 Å². The highest BCUT2D eigenvalue weighted by molar-refractivity contribution is 9.10. The van der Waals surface area contributed by atoms with Crippen LogP contribution in [-0.2, 0) is 26.3 Å². The van der Waals surface area contributed by atoms with E-state index < -0.39 is 11.5 Å². The molecule has 0 bridgehead atoms. The first-order chi connectivity index (χ1) is 12.9. The third-order valence-electron chi connectivity index (χ3n) is 4.82. The van der Waals surface area contributed by atoms with E-state index in [4.69, 9.17) is 4.74 Å². The monoisotopic (exact) mass is 431 g/mol. The first-order valence-corrected chi connectivity index (χ1v) is 9.60. The minimum Gasteiger partial charge on any atom is -0.389 e. The molecule has 142 valence electrons. The molecule has 0 radical (unpaired) electrons. The van der Waals surface area contributed by atoms with Crippen LogP contribution >= 0.6 is 15.9 Å². The predicted molar refractivity (Wildman–Crippen MR) is 105 cm³/mol. The maximum atomic E-state index is 12.9. The summed E-state index contributed by atoms with van der Waals surface area (Å²) in [6.07, 6.45) is -0.820. The fourth-order valence-corrected chi connectivity index (χ4v) is 3.53. The molecule has 3 rings (SSSR count). The Morgan fingerprint density at radius 2 is 1.81 bits per heavy atom. The third-order valence-corrected chi connectivity index (χ3v) is 5.35. The zero-order valence-corrected chi connectivity index (χ0v) is 16.7. The van der Waals surface area contributed by atoms with Gasteiger partial charge in [-0.2, -0.15) is 0 Å². The summed E-state index contributed by atoms with van der Waals surface area (Å²) in [5.41, 5.74) is 0.893. The number of benzene rings is 2. The van der Waals surface area contributed by atoms with Crippen molar-refractivity contribution in [2.45, 2.75) is 31.5 Å². The van der Waals surface area contributed by atoms with Crippen molar-refractivity contribution >= 4 is 27.7 Å². The average molecular weight is 432 g/mol. The number of amides is 2. The Morgan fingerprint density at radius 1 is 1.15 bits per heavy atom. The van der Waals surface area contributed by atoms with Crippen LogP contribution in [0.1, 0.15) is 24.5 Å². The van der Waals surface area contributed by atoms with E-state index in [0.717, 1.165) is 20.5 Å². The Morgan fingerprint density at radius 3 is 2.48 bits per heavy atom. The zero-order chi connectivity index (χ0) is 19.4. The average Bonchev–Trinajstić information content (AvgIpc) is 2.87. The number of aliphatic hydroxyl groups excluding tert-OH is 1. The predicted octanol–water partition coefficient (Wildman–Crippen LogP) is 3.04. The van der Waals surface area contributed by atoms with Gasteiger partial charge in [0, 0.05) is 10.9 Å². The number of imide groups is 1. The summed E-state index contributed by atoms with van der Waals surface area (Å²) in [4.78, 5) is 26.5. The summed E-state index contributed by atoms with van der Waals surface area (Å²) in [6.45, 7) is 2.14. The van der Waals surface area contributed by atoms with Gasteiger partial charge in [0.1, 0.15) is 0 Å². The molecule has 2 atom stereocenters. The van der Waals surface area contributed by atoms with Crippen molar-refractivity contribution in [3.8, 4) is 0 Å². The number of carbonyl (C=O) groups excluding carboxylic acids is 2. The van der Waals surface area contributed by atoms with Crippen LogP contribution in [0.3, 0.4) is 0 Å². The van der Waals surface area contributed by atoms with E-state index in [1.165, 1.54) is 0 Å². The van der Waals surface area contributed by atoms with Crippen molar-refractivity contribution in [3.05, 3.63) is 70.2 Å². The first-order valence-electron chi connectivity index (χ1n) is 8.81. The van der Waals surface area contributed by atoms with Gasteiger partial charge in [-0.05, 0) is 30.2 Å². The second-order valence-corrected chi connectivity index (χ2v) is 7.90. The molecule has 1 N–H and O–H groups in total. The summed E-state index contributed by atoms with van der Waals surface area (Å²) in [5.74, 6) is -0.551. The molecule has 1 heterocycles. The SMILES string of the molecule is CC1(c2ccc(Br)cc2)CC(=O)N(CC(O)COCc2ccccc2)C1=O. The summed E-state index contributed by atoms with van der Waals surface area (Å²) in [7, 11) is 0. The minimum atomic E-state index is -0.922. The molecule has 1 aliphatic rings. The largest absolute Gasteiger partial charge is 0.389 e. The maximum absolute atomic E-state index is 12.9. The van der Waals surface area contributed by atoms with Gasteiger partial charge in [-0.1, -0.05) is 58.4 Å². The molecule has 2 amide bonds. The van der Waals surface area contributed by atoms with Crippen molar-refractivity contribution in [2.75, 3.05) is 13.2 Å². The molecular formula is C21H22BrNO4. The molecule has 6 heteroatoms. The number of nitrogens with zero attached hydrogens (tertiary/aromatic N) is 1. The quantitative estimate of drug-likeness (QED) is 0.684. The Balaban J connectivity index is 1.59. The van der Waals surface area contributed by atoms with E-state index in [-0.39, 0.29) is 31.4 Å². The van der Waals surface area contributed by atoms with E-state index in [0.29, 0.717) is 6.61 Å². The van der Waals surface area contributed by atoms with Gasteiger partial charge in [0.25, 0.3) is 0 Å². The number of ether oxygens (including phenoxy) is 1. The van der Waals surface area contributed by atoms with E-state index in [2.05, 4.69) is 15.9 Å². The molecule has 2 aromatic rings. The molecule has 2 aromatic carbocycles. The smallest absolute Gasteiger partial charge is 0.240 e. The summed E-state index contributed by atoms with van der Waals surface area (Å²) in [5, 5.41) is 10.2. The molecule has 1 fully saturated rings. The number of likely N-dealkylation sites (tertiary alicyclic amines) is 1. The van der Waals surface area contributed by atoms with Gasteiger partial charge in [-0.25, -0.2) is 0 Å². The molecule has 0 spiro atoms. The lowest BCUT2D eigenvalue weighted by molar-refractivity contribution is -0.142. The molecule has 1 aliphatic heterocycles. The molecular weight excluding hydrogens is 410 g/mol. The minimum absolute atomic E-state index is 0.0565. The van der Waals surface area contributed by atoms with E-state index >= 15 is 0 Å². The highest BCUT2D eigenvalue weighted by Crippen LogP contribution is 2.36. The molecule has 27 heavy (non-hydrogen) atoms. The highest BCUT2D eigenvalue weighted by Gasteiger charge is 2.49. The number of hydrogen-bond acceptors (Lipinski definition) is 4. The summed E-state index contributed by atoms with van der Waals surface area (Å²) in [6, 6.07) is 17.0. The van der Waals surface area contributed by atoms with Crippen LogP contribution in [0.25, 0.3) is 0 Å². The van der Waals surface area contributed by atoms with Crippen LogP contribution in [0, 0.1) is 0 Å². The molecule has 5 nitrogen and oxygen atoms in total. The van der Waals surface area contributed by atoms with Gasteiger partial charge < -0.3 is 9.84 Å². The number of hydrogen-bond donors (Lipinski definition) is 1. The van der Waals surface area contributed by atoms with Crippen LogP contribution in [0.15, 0.2) is 59.1 Å².